The molecule has 1 aliphatic rings. The average Bonchev–Trinajstić information content (AvgIpc) is 2.47. The second kappa shape index (κ2) is 6.89. The molecule has 0 amide bonds. The predicted molar refractivity (Wildman–Crippen MR) is 81.2 cm³/mol. The summed E-state index contributed by atoms with van der Waals surface area (Å²) in [4.78, 5) is 13.4. The van der Waals surface area contributed by atoms with Gasteiger partial charge in [-0.1, -0.05) is 13.8 Å². The minimum absolute atomic E-state index is 0.720. The number of nitrogens with zero attached hydrogens (tertiary/aromatic N) is 1. The Hall–Kier alpha value is -1.35. The molecule has 1 heterocycles. The number of methoxy groups -OCH3 is 1. The lowest BCUT2D eigenvalue weighted by Crippen LogP contribution is -2.34. The second-order valence-electron chi connectivity index (χ2n) is 6.05. The van der Waals surface area contributed by atoms with Gasteiger partial charge in [-0.3, -0.25) is 9.69 Å². The molecule has 1 aromatic rings. The topological polar surface area (TPSA) is 29.5 Å². The standard InChI is InChI=1S/C17H25NO2/c1-13(2)15-6-8-18(9-7-15)11-16-10-14(12-19)4-5-17(16)20-3/h4-5,10,12-13,15H,6-9,11H2,1-3H3. The number of likely N-dealkylation sites (tertiary alicyclic amines) is 1. The number of hydrogen-bond acceptors (Lipinski definition) is 3. The molecular weight excluding hydrogens is 250 g/mol. The van der Waals surface area contributed by atoms with Crippen LogP contribution < -0.4 is 4.74 Å². The molecule has 0 unspecified atom stereocenters. The quantitative estimate of drug-likeness (QED) is 0.772. The Kier molecular flexibility index (Phi) is 5.18. The fourth-order valence-electron chi connectivity index (χ4n) is 3.01. The summed E-state index contributed by atoms with van der Waals surface area (Å²) < 4.78 is 5.40. The minimum atomic E-state index is 0.720. The fraction of sp³-hybridized carbons (Fsp3) is 0.588. The van der Waals surface area contributed by atoms with E-state index in [-0.39, 0.29) is 0 Å². The van der Waals surface area contributed by atoms with Gasteiger partial charge >= 0.3 is 0 Å². The van der Waals surface area contributed by atoms with Crippen molar-refractivity contribution >= 4 is 6.29 Å². The molecule has 2 rings (SSSR count). The van der Waals surface area contributed by atoms with Crippen LogP contribution >= 0.6 is 0 Å². The van der Waals surface area contributed by atoms with Crippen LogP contribution in [0.1, 0.15) is 42.6 Å². The molecule has 0 spiro atoms. The fourth-order valence-corrected chi connectivity index (χ4v) is 3.01. The van der Waals surface area contributed by atoms with Crippen molar-refractivity contribution in [3.8, 4) is 5.75 Å². The number of carbonyl (C=O) groups excluding carboxylic acids is 1. The van der Waals surface area contributed by atoms with Crippen LogP contribution in [-0.4, -0.2) is 31.4 Å². The van der Waals surface area contributed by atoms with Gasteiger partial charge in [0.05, 0.1) is 7.11 Å². The van der Waals surface area contributed by atoms with Gasteiger partial charge in [0.1, 0.15) is 12.0 Å². The van der Waals surface area contributed by atoms with Crippen molar-refractivity contribution in [2.75, 3.05) is 20.2 Å². The summed E-state index contributed by atoms with van der Waals surface area (Å²) in [5, 5.41) is 0. The van der Waals surface area contributed by atoms with E-state index in [0.717, 1.165) is 54.6 Å². The van der Waals surface area contributed by atoms with E-state index in [2.05, 4.69) is 18.7 Å². The Bertz CT molecular complexity index is 448. The van der Waals surface area contributed by atoms with Crippen molar-refractivity contribution in [1.29, 1.82) is 0 Å². The molecular formula is C17H25NO2. The Morgan fingerprint density at radius 1 is 1.35 bits per heavy atom. The summed E-state index contributed by atoms with van der Waals surface area (Å²) >= 11 is 0. The maximum atomic E-state index is 10.9. The molecule has 0 aliphatic carbocycles. The van der Waals surface area contributed by atoms with Crippen LogP contribution in [0.5, 0.6) is 5.75 Å². The van der Waals surface area contributed by atoms with Crippen molar-refractivity contribution in [1.82, 2.24) is 4.90 Å². The largest absolute Gasteiger partial charge is 0.496 e. The van der Waals surface area contributed by atoms with E-state index in [1.54, 1.807) is 13.2 Å². The summed E-state index contributed by atoms with van der Waals surface area (Å²) in [7, 11) is 1.68. The summed E-state index contributed by atoms with van der Waals surface area (Å²) in [5.74, 6) is 2.51. The average molecular weight is 275 g/mol. The van der Waals surface area contributed by atoms with E-state index >= 15 is 0 Å². The third-order valence-electron chi connectivity index (χ3n) is 4.41. The number of ether oxygens (including phenoxy) is 1. The highest BCUT2D eigenvalue weighted by Crippen LogP contribution is 2.27. The van der Waals surface area contributed by atoms with Gasteiger partial charge in [-0.25, -0.2) is 0 Å². The van der Waals surface area contributed by atoms with Gasteiger partial charge in [0.15, 0.2) is 0 Å². The first-order chi connectivity index (χ1) is 9.63. The van der Waals surface area contributed by atoms with Crippen LogP contribution in [0.2, 0.25) is 0 Å². The highest BCUT2D eigenvalue weighted by Gasteiger charge is 2.22. The molecule has 1 fully saturated rings. The monoisotopic (exact) mass is 275 g/mol. The molecule has 110 valence electrons. The molecule has 0 atom stereocenters. The summed E-state index contributed by atoms with van der Waals surface area (Å²) in [5.41, 5.74) is 1.83. The van der Waals surface area contributed by atoms with Crippen molar-refractivity contribution in [2.24, 2.45) is 11.8 Å². The van der Waals surface area contributed by atoms with Crippen LogP contribution in [0.25, 0.3) is 0 Å². The van der Waals surface area contributed by atoms with Gasteiger partial charge in [0.25, 0.3) is 0 Å². The van der Waals surface area contributed by atoms with Gasteiger partial charge in [0.2, 0.25) is 0 Å². The predicted octanol–water partition coefficient (Wildman–Crippen LogP) is 3.38. The molecule has 3 nitrogen and oxygen atoms in total. The van der Waals surface area contributed by atoms with Gasteiger partial charge in [0, 0.05) is 17.7 Å². The van der Waals surface area contributed by atoms with E-state index in [1.165, 1.54) is 12.8 Å². The number of rotatable bonds is 5. The molecule has 0 radical (unpaired) electrons. The van der Waals surface area contributed by atoms with Gasteiger partial charge in [-0.05, 0) is 56.0 Å². The molecule has 1 aromatic carbocycles. The zero-order chi connectivity index (χ0) is 14.5. The van der Waals surface area contributed by atoms with Crippen LogP contribution in [0.4, 0.5) is 0 Å². The zero-order valence-corrected chi connectivity index (χ0v) is 12.8. The second-order valence-corrected chi connectivity index (χ2v) is 6.05. The molecule has 1 saturated heterocycles. The highest BCUT2D eigenvalue weighted by molar-refractivity contribution is 5.75. The molecule has 1 aliphatic heterocycles. The summed E-state index contributed by atoms with van der Waals surface area (Å²) in [6.45, 7) is 7.78. The number of carbonyl (C=O) groups is 1. The van der Waals surface area contributed by atoms with Crippen LogP contribution in [0.15, 0.2) is 18.2 Å². The van der Waals surface area contributed by atoms with E-state index in [9.17, 15) is 4.79 Å². The van der Waals surface area contributed by atoms with E-state index in [4.69, 9.17) is 4.74 Å². The SMILES string of the molecule is COc1ccc(C=O)cc1CN1CCC(C(C)C)CC1. The first-order valence-corrected chi connectivity index (χ1v) is 7.48. The number of benzene rings is 1. The first-order valence-electron chi connectivity index (χ1n) is 7.48. The summed E-state index contributed by atoms with van der Waals surface area (Å²) in [6, 6.07) is 5.64. The van der Waals surface area contributed by atoms with Crippen molar-refractivity contribution < 1.29 is 9.53 Å². The number of hydrogen-bond donors (Lipinski definition) is 0. The lowest BCUT2D eigenvalue weighted by molar-refractivity contribution is 0.112. The Morgan fingerprint density at radius 3 is 2.60 bits per heavy atom. The maximum absolute atomic E-state index is 10.9. The third-order valence-corrected chi connectivity index (χ3v) is 4.41. The third kappa shape index (κ3) is 3.60. The van der Waals surface area contributed by atoms with Gasteiger partial charge in [-0.2, -0.15) is 0 Å². The van der Waals surface area contributed by atoms with Crippen LogP contribution in [0.3, 0.4) is 0 Å². The Balaban J connectivity index is 2.01. The lowest BCUT2D eigenvalue weighted by Gasteiger charge is -2.34. The van der Waals surface area contributed by atoms with E-state index < -0.39 is 0 Å². The van der Waals surface area contributed by atoms with Crippen molar-refractivity contribution in [2.45, 2.75) is 33.2 Å². The normalized spacial score (nSPS) is 17.4. The zero-order valence-electron chi connectivity index (χ0n) is 12.8. The van der Waals surface area contributed by atoms with Gasteiger partial charge < -0.3 is 4.74 Å². The molecule has 0 aromatic heterocycles. The van der Waals surface area contributed by atoms with Crippen LogP contribution in [0, 0.1) is 11.8 Å². The van der Waals surface area contributed by atoms with E-state index in [0.29, 0.717) is 0 Å². The smallest absolute Gasteiger partial charge is 0.150 e. The Morgan fingerprint density at radius 2 is 2.05 bits per heavy atom. The molecule has 3 heteroatoms. The van der Waals surface area contributed by atoms with Crippen molar-refractivity contribution in [3.05, 3.63) is 29.3 Å². The number of aldehydes is 1. The van der Waals surface area contributed by atoms with Crippen molar-refractivity contribution in [3.63, 3.8) is 0 Å². The van der Waals surface area contributed by atoms with E-state index in [1.807, 2.05) is 12.1 Å². The minimum Gasteiger partial charge on any atom is -0.496 e. The highest BCUT2D eigenvalue weighted by atomic mass is 16.5. The lowest BCUT2D eigenvalue weighted by atomic mass is 9.86. The number of piperidine rings is 1. The first kappa shape index (κ1) is 15.0. The molecule has 0 saturated carbocycles. The summed E-state index contributed by atoms with van der Waals surface area (Å²) in [6.07, 6.45) is 3.44. The molecule has 0 N–H and O–H groups in total. The molecule has 20 heavy (non-hydrogen) atoms. The van der Waals surface area contributed by atoms with Crippen LogP contribution in [-0.2, 0) is 6.54 Å². The van der Waals surface area contributed by atoms with Gasteiger partial charge in [-0.15, -0.1) is 0 Å². The molecule has 0 bridgehead atoms. The maximum Gasteiger partial charge on any atom is 0.150 e. The Labute approximate surface area is 121 Å².